The van der Waals surface area contributed by atoms with Crippen LogP contribution >= 0.6 is 0 Å². The Labute approximate surface area is 148 Å². The monoisotopic (exact) mass is 340 g/mol. The highest BCUT2D eigenvalue weighted by Crippen LogP contribution is 2.29. The van der Waals surface area contributed by atoms with Crippen LogP contribution in [-0.4, -0.2) is 33.9 Å². The van der Waals surface area contributed by atoms with Gasteiger partial charge in [-0.25, -0.2) is 0 Å². The van der Waals surface area contributed by atoms with E-state index in [-0.39, 0.29) is 16.7 Å². The number of nitrogens with zero attached hydrogens (tertiary/aromatic N) is 3. The predicted octanol–water partition coefficient (Wildman–Crippen LogP) is 3.94. The fourth-order valence-electron chi connectivity index (χ4n) is 3.42. The molecule has 1 aromatic carbocycles. The number of anilines is 1. The molecule has 0 aliphatic carbocycles. The summed E-state index contributed by atoms with van der Waals surface area (Å²) in [5.74, 6) is 0. The Morgan fingerprint density at radius 1 is 1.24 bits per heavy atom. The van der Waals surface area contributed by atoms with Gasteiger partial charge < -0.3 is 5.32 Å². The zero-order valence-electron chi connectivity index (χ0n) is 14.7. The van der Waals surface area contributed by atoms with Crippen LogP contribution in [0.3, 0.4) is 0 Å². The molecule has 1 fully saturated rings. The van der Waals surface area contributed by atoms with E-state index < -0.39 is 0 Å². The van der Waals surface area contributed by atoms with Gasteiger partial charge in [0.2, 0.25) is 0 Å². The molecule has 3 rings (SSSR count). The number of nitro benzene ring substituents is 1. The third-order valence-corrected chi connectivity index (χ3v) is 4.98. The topological polar surface area (TPSA) is 71.3 Å². The third-order valence-electron chi connectivity index (χ3n) is 4.98. The molecule has 0 spiro atoms. The van der Waals surface area contributed by atoms with Gasteiger partial charge in [0.25, 0.3) is 5.69 Å². The Balaban J connectivity index is 1.61. The Kier molecular flexibility index (Phi) is 5.28. The predicted molar refractivity (Wildman–Crippen MR) is 98.7 cm³/mol. The van der Waals surface area contributed by atoms with Crippen molar-refractivity contribution in [3.8, 4) is 0 Å². The van der Waals surface area contributed by atoms with Gasteiger partial charge >= 0.3 is 0 Å². The summed E-state index contributed by atoms with van der Waals surface area (Å²) >= 11 is 0. The van der Waals surface area contributed by atoms with Crippen molar-refractivity contribution in [2.45, 2.75) is 38.8 Å². The summed E-state index contributed by atoms with van der Waals surface area (Å²) in [7, 11) is 0. The molecule has 2 aromatic rings. The largest absolute Gasteiger partial charge is 0.377 e. The first kappa shape index (κ1) is 17.4. The van der Waals surface area contributed by atoms with Gasteiger partial charge in [0, 0.05) is 43.6 Å². The van der Waals surface area contributed by atoms with Crippen LogP contribution in [0.25, 0.3) is 0 Å². The van der Waals surface area contributed by atoms with E-state index >= 15 is 0 Å². The number of nitrogens with one attached hydrogen (secondary N) is 1. The summed E-state index contributed by atoms with van der Waals surface area (Å²) in [6, 6.07) is 10.1. The number of pyridine rings is 1. The molecule has 132 valence electrons. The lowest BCUT2D eigenvalue weighted by atomic mass is 10.00. The van der Waals surface area contributed by atoms with Gasteiger partial charge in [-0.2, -0.15) is 0 Å². The van der Waals surface area contributed by atoms with Gasteiger partial charge in [0.15, 0.2) is 0 Å². The molecule has 1 saturated heterocycles. The van der Waals surface area contributed by atoms with E-state index in [2.05, 4.69) is 34.3 Å². The molecule has 1 aromatic heterocycles. The lowest BCUT2D eigenvalue weighted by Crippen LogP contribution is -2.40. The quantitative estimate of drug-likeness (QED) is 0.659. The Morgan fingerprint density at radius 2 is 1.92 bits per heavy atom. The van der Waals surface area contributed by atoms with Crippen molar-refractivity contribution >= 4 is 11.4 Å². The van der Waals surface area contributed by atoms with Crippen molar-refractivity contribution in [1.29, 1.82) is 0 Å². The van der Waals surface area contributed by atoms with Crippen LogP contribution in [0.5, 0.6) is 0 Å². The molecular weight excluding hydrogens is 316 g/mol. The lowest BCUT2D eigenvalue weighted by molar-refractivity contribution is -0.384. The number of rotatable bonds is 5. The average molecular weight is 340 g/mol. The minimum absolute atomic E-state index is 0.160. The highest BCUT2D eigenvalue weighted by Gasteiger charge is 2.25. The molecule has 0 bridgehead atoms. The Morgan fingerprint density at radius 3 is 2.56 bits per heavy atom. The van der Waals surface area contributed by atoms with Crippen LogP contribution in [0.15, 0.2) is 42.7 Å². The number of benzene rings is 1. The van der Waals surface area contributed by atoms with E-state index in [1.165, 1.54) is 5.56 Å². The smallest absolute Gasteiger partial charge is 0.292 e. The maximum Gasteiger partial charge on any atom is 0.292 e. The van der Waals surface area contributed by atoms with Gasteiger partial charge in [-0.15, -0.1) is 0 Å². The van der Waals surface area contributed by atoms with Crippen LogP contribution in [0.4, 0.5) is 11.4 Å². The second kappa shape index (κ2) is 7.61. The molecule has 0 radical (unpaired) electrons. The minimum Gasteiger partial charge on any atom is -0.377 e. The highest BCUT2D eigenvalue weighted by molar-refractivity contribution is 5.63. The molecular formula is C19H24N4O2. The van der Waals surface area contributed by atoms with E-state index in [4.69, 9.17) is 0 Å². The minimum atomic E-state index is -0.310. The Bertz CT molecular complexity index is 727. The van der Waals surface area contributed by atoms with Crippen LogP contribution in [0.1, 0.15) is 36.9 Å². The van der Waals surface area contributed by atoms with E-state index in [9.17, 15) is 10.1 Å². The summed E-state index contributed by atoms with van der Waals surface area (Å²) in [5.41, 5.74) is 2.96. The SMILES string of the molecule is Cc1ccc(NC2CCN(C(C)c3ccncc3)CC2)c([N+](=O)[O-])c1. The van der Waals surface area contributed by atoms with E-state index in [1.54, 1.807) is 6.07 Å². The maximum absolute atomic E-state index is 11.3. The zero-order chi connectivity index (χ0) is 17.8. The van der Waals surface area contributed by atoms with Crippen molar-refractivity contribution < 1.29 is 4.92 Å². The van der Waals surface area contributed by atoms with Gasteiger partial charge in [-0.05, 0) is 56.0 Å². The molecule has 2 heterocycles. The zero-order valence-corrected chi connectivity index (χ0v) is 14.7. The van der Waals surface area contributed by atoms with Gasteiger partial charge in [0.1, 0.15) is 5.69 Å². The number of likely N-dealkylation sites (tertiary alicyclic amines) is 1. The van der Waals surface area contributed by atoms with E-state index in [0.717, 1.165) is 31.5 Å². The number of aryl methyl sites for hydroxylation is 1. The number of aromatic nitrogens is 1. The first-order valence-electron chi connectivity index (χ1n) is 8.70. The number of hydrogen-bond acceptors (Lipinski definition) is 5. The molecule has 1 aliphatic heterocycles. The van der Waals surface area contributed by atoms with Crippen molar-refractivity contribution in [1.82, 2.24) is 9.88 Å². The molecule has 1 unspecified atom stereocenters. The first-order valence-corrected chi connectivity index (χ1v) is 8.70. The summed E-state index contributed by atoms with van der Waals surface area (Å²) in [4.78, 5) is 17.5. The number of hydrogen-bond donors (Lipinski definition) is 1. The molecule has 6 heteroatoms. The summed E-state index contributed by atoms with van der Waals surface area (Å²) in [5, 5.41) is 14.6. The van der Waals surface area contributed by atoms with Crippen LogP contribution < -0.4 is 5.32 Å². The molecule has 0 amide bonds. The summed E-state index contributed by atoms with van der Waals surface area (Å²) in [6.07, 6.45) is 5.61. The molecule has 6 nitrogen and oxygen atoms in total. The summed E-state index contributed by atoms with van der Waals surface area (Å²) in [6.45, 7) is 6.03. The molecule has 1 N–H and O–H groups in total. The second-order valence-corrected chi connectivity index (χ2v) is 6.69. The Hall–Kier alpha value is -2.47. The standard InChI is InChI=1S/C19H24N4O2/c1-14-3-4-18(19(13-14)23(24)25)21-17-7-11-22(12-8-17)15(2)16-5-9-20-10-6-16/h3-6,9-10,13,15,17,21H,7-8,11-12H2,1-2H3. The van der Waals surface area contributed by atoms with Crippen molar-refractivity contribution in [3.63, 3.8) is 0 Å². The van der Waals surface area contributed by atoms with Crippen LogP contribution in [0, 0.1) is 17.0 Å². The summed E-state index contributed by atoms with van der Waals surface area (Å²) < 4.78 is 0. The van der Waals surface area contributed by atoms with Crippen LogP contribution in [0.2, 0.25) is 0 Å². The first-order chi connectivity index (χ1) is 12.0. The molecule has 1 aliphatic rings. The number of nitro groups is 1. The van der Waals surface area contributed by atoms with E-state index in [1.807, 2.05) is 31.5 Å². The average Bonchev–Trinajstić information content (AvgIpc) is 2.64. The third kappa shape index (κ3) is 4.14. The second-order valence-electron chi connectivity index (χ2n) is 6.69. The maximum atomic E-state index is 11.3. The van der Waals surface area contributed by atoms with Crippen LogP contribution in [-0.2, 0) is 0 Å². The van der Waals surface area contributed by atoms with Gasteiger partial charge in [-0.1, -0.05) is 6.07 Å². The molecule has 0 saturated carbocycles. The number of piperidine rings is 1. The van der Waals surface area contributed by atoms with Crippen molar-refractivity contribution in [3.05, 3.63) is 64.0 Å². The van der Waals surface area contributed by atoms with Gasteiger partial charge in [-0.3, -0.25) is 20.0 Å². The molecule has 25 heavy (non-hydrogen) atoms. The lowest BCUT2D eigenvalue weighted by Gasteiger charge is -2.36. The normalized spacial score (nSPS) is 17.2. The fourth-order valence-corrected chi connectivity index (χ4v) is 3.42. The highest BCUT2D eigenvalue weighted by atomic mass is 16.6. The van der Waals surface area contributed by atoms with E-state index in [0.29, 0.717) is 11.7 Å². The van der Waals surface area contributed by atoms with Crippen molar-refractivity contribution in [2.24, 2.45) is 0 Å². The fraction of sp³-hybridized carbons (Fsp3) is 0.421. The van der Waals surface area contributed by atoms with Gasteiger partial charge in [0.05, 0.1) is 4.92 Å². The van der Waals surface area contributed by atoms with Crippen molar-refractivity contribution in [2.75, 3.05) is 18.4 Å². The molecule has 1 atom stereocenters.